The van der Waals surface area contributed by atoms with Gasteiger partial charge in [0.15, 0.2) is 0 Å². The molecule has 0 radical (unpaired) electrons. The Morgan fingerprint density at radius 1 is 1.23 bits per heavy atom. The van der Waals surface area contributed by atoms with E-state index in [1.165, 1.54) is 6.21 Å². The van der Waals surface area contributed by atoms with Crippen LogP contribution in [0.5, 0.6) is 11.5 Å². The Labute approximate surface area is 128 Å². The van der Waals surface area contributed by atoms with Crippen LogP contribution in [0, 0.1) is 0 Å². The summed E-state index contributed by atoms with van der Waals surface area (Å²) in [4.78, 5) is 12.1. The molecule has 0 atom stereocenters. The first-order chi connectivity index (χ1) is 10.7. The number of nitrogens with zero attached hydrogens (tertiary/aromatic N) is 1. The summed E-state index contributed by atoms with van der Waals surface area (Å²) in [5.74, 6) is 0.281. The number of hydrogen-bond acceptors (Lipinski definition) is 4. The lowest BCUT2D eigenvalue weighted by Crippen LogP contribution is -2.18. The minimum absolute atomic E-state index is 0.175. The summed E-state index contributed by atoms with van der Waals surface area (Å²) < 4.78 is 5.43. The van der Waals surface area contributed by atoms with Crippen molar-refractivity contribution in [3.05, 3.63) is 72.3 Å². The fraction of sp³-hybridized carbons (Fsp3) is 0.0588. The fourth-order valence-electron chi connectivity index (χ4n) is 1.71. The van der Waals surface area contributed by atoms with E-state index in [1.54, 1.807) is 54.6 Å². The maximum Gasteiger partial charge on any atom is 0.275 e. The third kappa shape index (κ3) is 4.21. The number of hydrazone groups is 1. The van der Waals surface area contributed by atoms with Gasteiger partial charge in [0, 0.05) is 0 Å². The van der Waals surface area contributed by atoms with Crippen molar-refractivity contribution in [3.8, 4) is 11.5 Å². The summed E-state index contributed by atoms with van der Waals surface area (Å²) in [5.41, 5.74) is 3.60. The molecule has 0 spiro atoms. The second kappa shape index (κ2) is 7.64. The molecule has 0 bridgehead atoms. The number of aromatic hydroxyl groups is 1. The minimum atomic E-state index is -0.366. The number of carbonyl (C=O) groups excluding carboxylic acids is 1. The van der Waals surface area contributed by atoms with E-state index in [1.807, 2.05) is 0 Å². The molecular formula is C17H16N2O3. The number of amides is 1. The molecule has 112 valence electrons. The molecule has 2 aromatic carbocycles. The summed E-state index contributed by atoms with van der Waals surface area (Å²) in [6, 6.07) is 13.4. The van der Waals surface area contributed by atoms with Gasteiger partial charge in [-0.25, -0.2) is 5.43 Å². The summed E-state index contributed by atoms with van der Waals surface area (Å²) in [6.07, 6.45) is 3.10. The van der Waals surface area contributed by atoms with Crippen molar-refractivity contribution >= 4 is 12.1 Å². The smallest absolute Gasteiger partial charge is 0.275 e. The van der Waals surface area contributed by atoms with Gasteiger partial charge in [0.25, 0.3) is 5.91 Å². The largest absolute Gasteiger partial charge is 0.508 e. The van der Waals surface area contributed by atoms with E-state index >= 15 is 0 Å². The van der Waals surface area contributed by atoms with Crippen molar-refractivity contribution < 1.29 is 14.6 Å². The van der Waals surface area contributed by atoms with Crippen LogP contribution in [0.15, 0.2) is 66.3 Å². The molecule has 0 fully saturated rings. The number of hydrogen-bond donors (Lipinski definition) is 2. The second-order valence-electron chi connectivity index (χ2n) is 4.39. The Kier molecular flexibility index (Phi) is 5.31. The molecule has 0 saturated carbocycles. The van der Waals surface area contributed by atoms with Gasteiger partial charge in [0.05, 0.1) is 11.8 Å². The SMILES string of the molecule is C=CCOc1ccccc1C(=O)N/N=C/c1ccc(O)cc1. The van der Waals surface area contributed by atoms with E-state index in [0.29, 0.717) is 17.9 Å². The van der Waals surface area contributed by atoms with Gasteiger partial charge in [0.1, 0.15) is 18.1 Å². The zero-order valence-corrected chi connectivity index (χ0v) is 11.9. The number of ether oxygens (including phenoxy) is 1. The van der Waals surface area contributed by atoms with Crippen molar-refractivity contribution in [2.75, 3.05) is 6.61 Å². The van der Waals surface area contributed by atoms with Crippen molar-refractivity contribution in [1.82, 2.24) is 5.43 Å². The van der Waals surface area contributed by atoms with E-state index in [2.05, 4.69) is 17.1 Å². The van der Waals surface area contributed by atoms with Crippen molar-refractivity contribution in [2.45, 2.75) is 0 Å². The van der Waals surface area contributed by atoms with Crippen LogP contribution < -0.4 is 10.2 Å². The van der Waals surface area contributed by atoms with Gasteiger partial charge in [0.2, 0.25) is 0 Å². The van der Waals surface area contributed by atoms with Gasteiger partial charge in [-0.15, -0.1) is 0 Å². The summed E-state index contributed by atoms with van der Waals surface area (Å²) in [5, 5.41) is 13.1. The molecule has 1 amide bonds. The number of rotatable bonds is 6. The second-order valence-corrected chi connectivity index (χ2v) is 4.39. The van der Waals surface area contributed by atoms with Crippen molar-refractivity contribution in [3.63, 3.8) is 0 Å². The van der Waals surface area contributed by atoms with E-state index < -0.39 is 0 Å². The Hall–Kier alpha value is -3.08. The van der Waals surface area contributed by atoms with E-state index in [-0.39, 0.29) is 11.7 Å². The molecule has 2 N–H and O–H groups in total. The predicted molar refractivity (Wildman–Crippen MR) is 85.3 cm³/mol. The number of phenols is 1. The van der Waals surface area contributed by atoms with Crippen LogP contribution in [0.4, 0.5) is 0 Å². The van der Waals surface area contributed by atoms with E-state index in [0.717, 1.165) is 5.56 Å². The van der Waals surface area contributed by atoms with Crippen LogP contribution in [-0.4, -0.2) is 23.8 Å². The highest BCUT2D eigenvalue weighted by molar-refractivity contribution is 5.97. The van der Waals surface area contributed by atoms with Crippen molar-refractivity contribution in [2.24, 2.45) is 5.10 Å². The summed E-state index contributed by atoms with van der Waals surface area (Å²) in [6.45, 7) is 3.89. The highest BCUT2D eigenvalue weighted by Crippen LogP contribution is 2.17. The van der Waals surface area contributed by atoms with Crippen LogP contribution in [-0.2, 0) is 0 Å². The Bertz CT molecular complexity index is 679. The van der Waals surface area contributed by atoms with Crippen molar-refractivity contribution in [1.29, 1.82) is 0 Å². The summed E-state index contributed by atoms with van der Waals surface area (Å²) >= 11 is 0. The number of phenolic OH excluding ortho intramolecular Hbond substituents is 1. The van der Waals surface area contributed by atoms with Gasteiger partial charge >= 0.3 is 0 Å². The molecule has 0 heterocycles. The normalized spacial score (nSPS) is 10.4. The van der Waals surface area contributed by atoms with Crippen LogP contribution in [0.25, 0.3) is 0 Å². The molecular weight excluding hydrogens is 280 g/mol. The predicted octanol–water partition coefficient (Wildman–Crippen LogP) is 2.72. The van der Waals surface area contributed by atoms with E-state index in [4.69, 9.17) is 4.74 Å². The molecule has 0 aromatic heterocycles. The number of benzene rings is 2. The average Bonchev–Trinajstić information content (AvgIpc) is 2.55. The highest BCUT2D eigenvalue weighted by atomic mass is 16.5. The van der Waals surface area contributed by atoms with Crippen LogP contribution in [0.2, 0.25) is 0 Å². The zero-order chi connectivity index (χ0) is 15.8. The Morgan fingerprint density at radius 3 is 2.68 bits per heavy atom. The number of nitrogens with one attached hydrogen (secondary N) is 1. The molecule has 0 unspecified atom stereocenters. The lowest BCUT2D eigenvalue weighted by atomic mass is 10.2. The topological polar surface area (TPSA) is 70.9 Å². The fourth-order valence-corrected chi connectivity index (χ4v) is 1.71. The summed E-state index contributed by atoms with van der Waals surface area (Å²) in [7, 11) is 0. The first-order valence-corrected chi connectivity index (χ1v) is 6.66. The molecule has 2 aromatic rings. The molecule has 5 nitrogen and oxygen atoms in total. The molecule has 0 aliphatic rings. The third-order valence-corrected chi connectivity index (χ3v) is 2.76. The first-order valence-electron chi connectivity index (χ1n) is 6.66. The van der Waals surface area contributed by atoms with Crippen LogP contribution in [0.1, 0.15) is 15.9 Å². The quantitative estimate of drug-likeness (QED) is 0.489. The van der Waals surface area contributed by atoms with Gasteiger partial charge in [-0.1, -0.05) is 24.8 Å². The van der Waals surface area contributed by atoms with Crippen LogP contribution >= 0.6 is 0 Å². The standard InChI is InChI=1S/C17H16N2O3/c1-2-11-22-16-6-4-3-5-15(16)17(21)19-18-12-13-7-9-14(20)10-8-13/h2-10,12,20H,1,11H2,(H,19,21)/b18-12+. The minimum Gasteiger partial charge on any atom is -0.508 e. The maximum absolute atomic E-state index is 12.1. The number of para-hydroxylation sites is 1. The lowest BCUT2D eigenvalue weighted by molar-refractivity contribution is 0.0951. The van der Waals surface area contributed by atoms with E-state index in [9.17, 15) is 9.90 Å². The van der Waals surface area contributed by atoms with Crippen LogP contribution in [0.3, 0.4) is 0 Å². The van der Waals surface area contributed by atoms with Gasteiger partial charge < -0.3 is 9.84 Å². The monoisotopic (exact) mass is 296 g/mol. The first kappa shape index (κ1) is 15.3. The molecule has 0 aliphatic carbocycles. The maximum atomic E-state index is 12.1. The van der Waals surface area contributed by atoms with Gasteiger partial charge in [-0.05, 0) is 42.0 Å². The Morgan fingerprint density at radius 2 is 1.95 bits per heavy atom. The Balaban J connectivity index is 2.03. The third-order valence-electron chi connectivity index (χ3n) is 2.76. The average molecular weight is 296 g/mol. The number of carbonyl (C=O) groups is 1. The molecule has 2 rings (SSSR count). The molecule has 5 heteroatoms. The van der Waals surface area contributed by atoms with Gasteiger partial charge in [-0.2, -0.15) is 5.10 Å². The van der Waals surface area contributed by atoms with Gasteiger partial charge in [-0.3, -0.25) is 4.79 Å². The molecule has 0 aliphatic heterocycles. The lowest BCUT2D eigenvalue weighted by Gasteiger charge is -2.08. The molecule has 0 saturated heterocycles. The molecule has 22 heavy (non-hydrogen) atoms. The zero-order valence-electron chi connectivity index (χ0n) is 11.9. The highest BCUT2D eigenvalue weighted by Gasteiger charge is 2.10.